The van der Waals surface area contributed by atoms with Gasteiger partial charge < -0.3 is 9.47 Å². The Morgan fingerprint density at radius 3 is 1.24 bits per heavy atom. The van der Waals surface area contributed by atoms with Gasteiger partial charge in [-0.3, -0.25) is 4.79 Å². The Labute approximate surface area is 232 Å². The molecule has 0 saturated heterocycles. The van der Waals surface area contributed by atoms with E-state index in [9.17, 15) is 4.79 Å². The summed E-state index contributed by atoms with van der Waals surface area (Å²) < 4.78 is 9.83. The minimum Gasteiger partial charge on any atom is -0.497 e. The van der Waals surface area contributed by atoms with Gasteiger partial charge in [-0.05, 0) is 49.7 Å². The van der Waals surface area contributed by atoms with Gasteiger partial charge in [0, 0.05) is 11.1 Å². The van der Waals surface area contributed by atoms with Crippen molar-refractivity contribution in [1.29, 1.82) is 0 Å². The highest BCUT2D eigenvalue weighted by Gasteiger charge is 2.10. The largest absolute Gasteiger partial charge is 0.497 e. The third kappa shape index (κ3) is 15.3. The molecule has 0 unspecified atom stereocenters. The van der Waals surface area contributed by atoms with E-state index < -0.39 is 0 Å². The van der Waals surface area contributed by atoms with Crippen LogP contribution in [-0.2, 0) is 0 Å². The zero-order valence-corrected chi connectivity index (χ0v) is 25.1. The molecule has 4 aromatic rings. The van der Waals surface area contributed by atoms with E-state index >= 15 is 0 Å². The molecule has 0 atom stereocenters. The van der Waals surface area contributed by atoms with Crippen molar-refractivity contribution in [3.05, 3.63) is 131 Å². The molecular formula is C35H48O3. The first-order valence-corrected chi connectivity index (χ1v) is 13.4. The Bertz CT molecular complexity index is 1020. The minimum atomic E-state index is 0.0989. The summed E-state index contributed by atoms with van der Waals surface area (Å²) in [5.74, 6) is 1.92. The van der Waals surface area contributed by atoms with Crippen LogP contribution in [0.15, 0.2) is 109 Å². The summed E-state index contributed by atoms with van der Waals surface area (Å²) in [7, 11) is 3.32. The fourth-order valence-corrected chi connectivity index (χ4v) is 2.84. The third-order valence-corrected chi connectivity index (χ3v) is 4.63. The van der Waals surface area contributed by atoms with Gasteiger partial charge in [-0.15, -0.1) is 0 Å². The summed E-state index contributed by atoms with van der Waals surface area (Å²) in [4.78, 5) is 12.2. The van der Waals surface area contributed by atoms with Crippen LogP contribution >= 0.6 is 0 Å². The Balaban J connectivity index is 0. The normalized spacial score (nSPS) is 8.37. The van der Waals surface area contributed by atoms with Crippen LogP contribution in [0.4, 0.5) is 0 Å². The zero-order valence-electron chi connectivity index (χ0n) is 25.1. The number of ketones is 1. The van der Waals surface area contributed by atoms with Gasteiger partial charge >= 0.3 is 0 Å². The molecule has 4 rings (SSSR count). The second-order valence-electron chi connectivity index (χ2n) is 7.05. The second-order valence-corrected chi connectivity index (χ2v) is 7.05. The van der Waals surface area contributed by atoms with Gasteiger partial charge in [0.05, 0.1) is 14.2 Å². The topological polar surface area (TPSA) is 35.5 Å². The van der Waals surface area contributed by atoms with Crippen LogP contribution in [0.1, 0.15) is 68.6 Å². The van der Waals surface area contributed by atoms with Gasteiger partial charge in [0.25, 0.3) is 0 Å². The Morgan fingerprint density at radius 2 is 0.895 bits per heavy atom. The number of carbonyl (C=O) groups excluding carboxylic acids is 1. The maximum atomic E-state index is 12.2. The van der Waals surface area contributed by atoms with Crippen molar-refractivity contribution in [2.24, 2.45) is 0 Å². The Morgan fingerprint density at radius 1 is 0.526 bits per heavy atom. The van der Waals surface area contributed by atoms with Crippen LogP contribution in [0.5, 0.6) is 11.5 Å². The number of aryl methyl sites for hydroxylation is 2. The Kier molecular flexibility index (Phi) is 23.7. The highest BCUT2D eigenvalue weighted by atomic mass is 16.5. The Hall–Kier alpha value is -3.85. The lowest BCUT2D eigenvalue weighted by atomic mass is 9.97. The van der Waals surface area contributed by atoms with Crippen LogP contribution in [0, 0.1) is 13.8 Å². The number of methoxy groups -OCH3 is 2. The van der Waals surface area contributed by atoms with Gasteiger partial charge in [-0.25, -0.2) is 0 Å². The summed E-state index contributed by atoms with van der Waals surface area (Å²) in [5, 5.41) is 0. The van der Waals surface area contributed by atoms with Crippen LogP contribution in [0.25, 0.3) is 0 Å². The van der Waals surface area contributed by atoms with E-state index in [-0.39, 0.29) is 5.78 Å². The quantitative estimate of drug-likeness (QED) is 0.253. The highest BCUT2D eigenvalue weighted by Crippen LogP contribution is 2.15. The van der Waals surface area contributed by atoms with Crippen molar-refractivity contribution < 1.29 is 14.3 Å². The first-order valence-electron chi connectivity index (χ1n) is 13.4. The molecule has 0 saturated carbocycles. The molecule has 0 spiro atoms. The molecule has 0 fully saturated rings. The molecule has 0 aromatic heterocycles. The molecule has 0 aliphatic rings. The van der Waals surface area contributed by atoms with Crippen LogP contribution < -0.4 is 9.47 Å². The van der Waals surface area contributed by atoms with Gasteiger partial charge in [-0.2, -0.15) is 0 Å². The fraction of sp³-hybridized carbons (Fsp3) is 0.286. The molecule has 0 amide bonds. The van der Waals surface area contributed by atoms with Crippen molar-refractivity contribution >= 4 is 5.78 Å². The van der Waals surface area contributed by atoms with E-state index in [0.29, 0.717) is 0 Å². The highest BCUT2D eigenvalue weighted by molar-refractivity contribution is 6.09. The number of benzene rings is 4. The second kappa shape index (κ2) is 24.8. The molecule has 3 heteroatoms. The number of para-hydroxylation sites is 2. The lowest BCUT2D eigenvalue weighted by molar-refractivity contribution is 0.103. The summed E-state index contributed by atoms with van der Waals surface area (Å²) in [5.41, 5.74) is 3.69. The third-order valence-electron chi connectivity index (χ3n) is 4.63. The average Bonchev–Trinajstić information content (AvgIpc) is 3.03. The number of rotatable bonds is 4. The lowest BCUT2D eigenvalue weighted by Gasteiger charge is -2.06. The molecule has 0 aliphatic heterocycles. The number of hydrogen-bond acceptors (Lipinski definition) is 3. The van der Waals surface area contributed by atoms with Gasteiger partial charge in [0.15, 0.2) is 5.78 Å². The summed E-state index contributed by atoms with van der Waals surface area (Å²) >= 11 is 0. The van der Waals surface area contributed by atoms with Crippen LogP contribution in [0.3, 0.4) is 0 Å². The molecule has 38 heavy (non-hydrogen) atoms. The average molecular weight is 517 g/mol. The first-order chi connectivity index (χ1) is 18.5. The van der Waals surface area contributed by atoms with Gasteiger partial charge in [0.2, 0.25) is 0 Å². The minimum absolute atomic E-state index is 0.0989. The SMILES string of the molecule is CC.CC.CC.COc1ccccc1.COc1ccccc1.Cc1ccc(C)c(C(=O)c2ccccc2)c1. The summed E-state index contributed by atoms with van der Waals surface area (Å²) in [6.45, 7) is 16.0. The van der Waals surface area contributed by atoms with E-state index in [2.05, 4.69) is 0 Å². The number of ether oxygens (including phenoxy) is 2. The zero-order chi connectivity index (χ0) is 29.2. The van der Waals surface area contributed by atoms with Crippen molar-refractivity contribution in [2.45, 2.75) is 55.4 Å². The molecule has 0 heterocycles. The van der Waals surface area contributed by atoms with E-state index in [1.54, 1.807) is 14.2 Å². The van der Waals surface area contributed by atoms with Crippen LogP contribution in [0.2, 0.25) is 0 Å². The van der Waals surface area contributed by atoms with Gasteiger partial charge in [-0.1, -0.05) is 126 Å². The molecule has 0 aliphatic carbocycles. The molecular weight excluding hydrogens is 468 g/mol. The summed E-state index contributed by atoms with van der Waals surface area (Å²) in [6.07, 6.45) is 0. The number of hydrogen-bond donors (Lipinski definition) is 0. The van der Waals surface area contributed by atoms with Crippen molar-refractivity contribution in [1.82, 2.24) is 0 Å². The monoisotopic (exact) mass is 516 g/mol. The predicted molar refractivity (Wildman–Crippen MR) is 166 cm³/mol. The maximum Gasteiger partial charge on any atom is 0.193 e. The molecule has 0 radical (unpaired) electrons. The predicted octanol–water partition coefficient (Wildman–Crippen LogP) is 10.0. The van der Waals surface area contributed by atoms with Crippen molar-refractivity contribution in [3.63, 3.8) is 0 Å². The molecule has 3 nitrogen and oxygen atoms in total. The van der Waals surface area contributed by atoms with Crippen molar-refractivity contribution in [3.8, 4) is 11.5 Å². The molecule has 4 aromatic carbocycles. The van der Waals surface area contributed by atoms with E-state index in [4.69, 9.17) is 9.47 Å². The first kappa shape index (κ1) is 36.3. The van der Waals surface area contributed by atoms with E-state index in [0.717, 1.165) is 33.8 Å². The van der Waals surface area contributed by atoms with E-state index in [1.807, 2.05) is 165 Å². The summed E-state index contributed by atoms with van der Waals surface area (Å²) in [6, 6.07) is 34.7. The fourth-order valence-electron chi connectivity index (χ4n) is 2.84. The van der Waals surface area contributed by atoms with Crippen LogP contribution in [-0.4, -0.2) is 20.0 Å². The molecule has 0 N–H and O–H groups in total. The van der Waals surface area contributed by atoms with E-state index in [1.165, 1.54) is 0 Å². The number of carbonyl (C=O) groups is 1. The molecule has 0 bridgehead atoms. The maximum absolute atomic E-state index is 12.2. The standard InChI is InChI=1S/C15H14O.2C7H8O.3C2H6/c1-11-8-9-12(2)14(10-11)15(16)13-6-4-3-5-7-13;2*1-8-7-5-3-2-4-6-7;3*1-2/h3-10H,1-2H3;2*2-6H,1H3;3*1-2H3. The van der Waals surface area contributed by atoms with Crippen molar-refractivity contribution in [2.75, 3.05) is 14.2 Å². The lowest BCUT2D eigenvalue weighted by Crippen LogP contribution is -2.03. The molecule has 206 valence electrons. The van der Waals surface area contributed by atoms with Gasteiger partial charge in [0.1, 0.15) is 11.5 Å². The smallest absolute Gasteiger partial charge is 0.193 e.